The summed E-state index contributed by atoms with van der Waals surface area (Å²) in [6.45, 7) is 3.62. The van der Waals surface area contributed by atoms with Crippen LogP contribution >= 0.6 is 0 Å². The molecule has 0 aromatic heterocycles. The van der Waals surface area contributed by atoms with Gasteiger partial charge in [0.15, 0.2) is 5.79 Å². The molecule has 0 heterocycles. The van der Waals surface area contributed by atoms with Crippen LogP contribution in [0.25, 0.3) is 0 Å². The van der Waals surface area contributed by atoms with Gasteiger partial charge in [-0.15, -0.1) is 0 Å². The minimum atomic E-state index is -1.10. The van der Waals surface area contributed by atoms with Gasteiger partial charge in [-0.05, 0) is 33.1 Å². The summed E-state index contributed by atoms with van der Waals surface area (Å²) in [6.07, 6.45) is 2.90. The molecule has 4 heteroatoms. The Labute approximate surface area is 84.8 Å². The molecule has 1 rings (SSSR count). The van der Waals surface area contributed by atoms with Gasteiger partial charge < -0.3 is 19.7 Å². The van der Waals surface area contributed by atoms with Crippen LogP contribution in [0, 0.1) is 0 Å². The molecule has 0 bridgehead atoms. The Morgan fingerprint density at radius 1 is 1.29 bits per heavy atom. The van der Waals surface area contributed by atoms with E-state index in [1.54, 1.807) is 13.8 Å². The van der Waals surface area contributed by atoms with E-state index >= 15 is 0 Å². The number of ether oxygens (including phenoxy) is 2. The second-order valence-electron chi connectivity index (χ2n) is 4.17. The molecule has 0 aromatic carbocycles. The van der Waals surface area contributed by atoms with E-state index in [1.165, 1.54) is 0 Å². The minimum absolute atomic E-state index is 0.0218. The lowest BCUT2D eigenvalue weighted by atomic mass is 10.2. The zero-order valence-corrected chi connectivity index (χ0v) is 8.90. The SMILES string of the molecule is CC(C)(O)OC1CCCC1OCCO. The summed E-state index contributed by atoms with van der Waals surface area (Å²) in [5, 5.41) is 18.1. The highest BCUT2D eigenvalue weighted by atomic mass is 16.6. The van der Waals surface area contributed by atoms with Crippen molar-refractivity contribution in [3.63, 3.8) is 0 Å². The molecule has 0 spiro atoms. The van der Waals surface area contributed by atoms with E-state index in [1.807, 2.05) is 0 Å². The van der Waals surface area contributed by atoms with Crippen LogP contribution in [-0.2, 0) is 9.47 Å². The maximum absolute atomic E-state index is 9.49. The van der Waals surface area contributed by atoms with Gasteiger partial charge in [0, 0.05) is 0 Å². The van der Waals surface area contributed by atoms with Gasteiger partial charge in [0.25, 0.3) is 0 Å². The van der Waals surface area contributed by atoms with Crippen LogP contribution in [0.4, 0.5) is 0 Å². The van der Waals surface area contributed by atoms with Crippen molar-refractivity contribution in [2.45, 2.75) is 51.1 Å². The van der Waals surface area contributed by atoms with Crippen LogP contribution in [0.2, 0.25) is 0 Å². The third kappa shape index (κ3) is 3.92. The van der Waals surface area contributed by atoms with E-state index in [-0.39, 0.29) is 18.8 Å². The number of hydrogen-bond acceptors (Lipinski definition) is 4. The van der Waals surface area contributed by atoms with Gasteiger partial charge in [0.05, 0.1) is 25.4 Å². The van der Waals surface area contributed by atoms with Gasteiger partial charge in [-0.3, -0.25) is 0 Å². The van der Waals surface area contributed by atoms with Gasteiger partial charge in [0.2, 0.25) is 0 Å². The van der Waals surface area contributed by atoms with E-state index in [2.05, 4.69) is 0 Å². The van der Waals surface area contributed by atoms with Crippen molar-refractivity contribution in [3.05, 3.63) is 0 Å². The number of aliphatic hydroxyl groups excluding tert-OH is 1. The molecular formula is C10H20O4. The molecule has 14 heavy (non-hydrogen) atoms. The summed E-state index contributed by atoms with van der Waals surface area (Å²) in [4.78, 5) is 0. The molecule has 1 saturated carbocycles. The zero-order valence-electron chi connectivity index (χ0n) is 8.90. The highest BCUT2D eigenvalue weighted by Gasteiger charge is 2.32. The molecule has 4 nitrogen and oxygen atoms in total. The highest BCUT2D eigenvalue weighted by molar-refractivity contribution is 4.80. The van der Waals surface area contributed by atoms with Crippen LogP contribution in [0.15, 0.2) is 0 Å². The monoisotopic (exact) mass is 204 g/mol. The van der Waals surface area contributed by atoms with Gasteiger partial charge in [-0.1, -0.05) is 0 Å². The van der Waals surface area contributed by atoms with E-state index in [9.17, 15) is 5.11 Å². The summed E-state index contributed by atoms with van der Waals surface area (Å²) in [6, 6.07) is 0. The molecule has 1 fully saturated rings. The summed E-state index contributed by atoms with van der Waals surface area (Å²) < 4.78 is 10.9. The van der Waals surface area contributed by atoms with Crippen molar-refractivity contribution in [1.82, 2.24) is 0 Å². The Morgan fingerprint density at radius 3 is 2.50 bits per heavy atom. The second-order valence-corrected chi connectivity index (χ2v) is 4.17. The molecule has 1 aliphatic carbocycles. The molecule has 2 atom stereocenters. The fraction of sp³-hybridized carbons (Fsp3) is 1.00. The first-order valence-electron chi connectivity index (χ1n) is 5.15. The lowest BCUT2D eigenvalue weighted by Crippen LogP contribution is -2.36. The van der Waals surface area contributed by atoms with Gasteiger partial charge in [-0.25, -0.2) is 0 Å². The standard InChI is InChI=1S/C10H20O4/c1-10(2,12)14-9-5-3-4-8(9)13-7-6-11/h8-9,11-12H,3-7H2,1-2H3. The first-order chi connectivity index (χ1) is 6.53. The first kappa shape index (κ1) is 11.9. The Balaban J connectivity index is 2.35. The zero-order chi connectivity index (χ0) is 10.6. The average Bonchev–Trinajstić information content (AvgIpc) is 2.45. The molecule has 0 saturated heterocycles. The van der Waals surface area contributed by atoms with E-state index in [0.29, 0.717) is 6.61 Å². The number of aliphatic hydroxyl groups is 2. The molecule has 2 unspecified atom stereocenters. The summed E-state index contributed by atoms with van der Waals surface area (Å²) in [5.74, 6) is -1.10. The molecule has 2 N–H and O–H groups in total. The molecular weight excluding hydrogens is 184 g/mol. The third-order valence-corrected chi connectivity index (χ3v) is 2.25. The third-order valence-electron chi connectivity index (χ3n) is 2.25. The van der Waals surface area contributed by atoms with E-state index < -0.39 is 5.79 Å². The lowest BCUT2D eigenvalue weighted by Gasteiger charge is -2.27. The van der Waals surface area contributed by atoms with Crippen LogP contribution in [0.5, 0.6) is 0 Å². The fourth-order valence-corrected chi connectivity index (χ4v) is 1.79. The van der Waals surface area contributed by atoms with Gasteiger partial charge in [0.1, 0.15) is 0 Å². The molecule has 0 radical (unpaired) electrons. The van der Waals surface area contributed by atoms with Crippen molar-refractivity contribution < 1.29 is 19.7 Å². The van der Waals surface area contributed by atoms with E-state index in [0.717, 1.165) is 19.3 Å². The predicted octanol–water partition coefficient (Wildman–Crippen LogP) is 0.661. The fourth-order valence-electron chi connectivity index (χ4n) is 1.79. The second kappa shape index (κ2) is 5.07. The maximum Gasteiger partial charge on any atom is 0.160 e. The quantitative estimate of drug-likeness (QED) is 0.646. The van der Waals surface area contributed by atoms with Crippen molar-refractivity contribution in [3.8, 4) is 0 Å². The van der Waals surface area contributed by atoms with Crippen LogP contribution in [-0.4, -0.2) is 41.4 Å². The van der Waals surface area contributed by atoms with E-state index in [4.69, 9.17) is 14.6 Å². The van der Waals surface area contributed by atoms with Crippen LogP contribution < -0.4 is 0 Å². The van der Waals surface area contributed by atoms with Crippen LogP contribution in [0.3, 0.4) is 0 Å². The highest BCUT2D eigenvalue weighted by Crippen LogP contribution is 2.27. The van der Waals surface area contributed by atoms with Gasteiger partial charge >= 0.3 is 0 Å². The predicted molar refractivity (Wildman–Crippen MR) is 51.8 cm³/mol. The molecule has 0 amide bonds. The first-order valence-corrected chi connectivity index (χ1v) is 5.15. The maximum atomic E-state index is 9.49. The number of rotatable bonds is 5. The normalized spacial score (nSPS) is 28.3. The lowest BCUT2D eigenvalue weighted by molar-refractivity contribution is -0.224. The van der Waals surface area contributed by atoms with Crippen LogP contribution in [0.1, 0.15) is 33.1 Å². The summed E-state index contributed by atoms with van der Waals surface area (Å²) >= 11 is 0. The Bertz CT molecular complexity index is 164. The molecule has 0 aliphatic heterocycles. The summed E-state index contributed by atoms with van der Waals surface area (Å²) in [5.41, 5.74) is 0. The Hall–Kier alpha value is -0.160. The van der Waals surface area contributed by atoms with Crippen molar-refractivity contribution in [2.24, 2.45) is 0 Å². The Morgan fingerprint density at radius 2 is 1.93 bits per heavy atom. The van der Waals surface area contributed by atoms with Crippen molar-refractivity contribution >= 4 is 0 Å². The topological polar surface area (TPSA) is 58.9 Å². The molecule has 1 aliphatic rings. The van der Waals surface area contributed by atoms with Crippen molar-refractivity contribution in [1.29, 1.82) is 0 Å². The largest absolute Gasteiger partial charge is 0.394 e. The van der Waals surface area contributed by atoms with Crippen molar-refractivity contribution in [2.75, 3.05) is 13.2 Å². The smallest absolute Gasteiger partial charge is 0.160 e. The molecule has 84 valence electrons. The number of hydrogen-bond donors (Lipinski definition) is 2. The minimum Gasteiger partial charge on any atom is -0.394 e. The summed E-state index contributed by atoms with van der Waals surface area (Å²) in [7, 11) is 0. The molecule has 0 aromatic rings. The van der Waals surface area contributed by atoms with Gasteiger partial charge in [-0.2, -0.15) is 0 Å². The average molecular weight is 204 g/mol. The Kier molecular flexibility index (Phi) is 4.31.